The molecule has 0 amide bonds. The molecule has 228 valence electrons. The molecule has 0 aliphatic rings. The average Bonchev–Trinajstić information content (AvgIpc) is 3.02. The standard InChI is InChI=1S/C16H15N5O2.C15H14FN5O/c1-3-23-15-13-14(20-16(17)21-15)18-8-12(19-13)11-6-4-10(5-7-11)9(2)22;1-3-22-14-12-13(20-15(17)21-14)18-7-11(19-12)9-5-4-8(2)10(16)6-9/h4-8H,3H2,1-2H3,(H2,17,18,20,21);4-7H,3H2,1-2H3,(H2,17,18,20,21). The smallest absolute Gasteiger partial charge is 0.247 e. The second-order valence-electron chi connectivity index (χ2n) is 9.59. The van der Waals surface area contributed by atoms with Crippen LogP contribution in [0.2, 0.25) is 0 Å². The maximum absolute atomic E-state index is 13.7. The van der Waals surface area contributed by atoms with Crippen molar-refractivity contribution in [2.45, 2.75) is 27.7 Å². The number of hydrogen-bond acceptors (Lipinski definition) is 13. The largest absolute Gasteiger partial charge is 0.476 e. The highest BCUT2D eigenvalue weighted by molar-refractivity contribution is 5.94. The van der Waals surface area contributed by atoms with E-state index in [2.05, 4.69) is 39.9 Å². The quantitative estimate of drug-likeness (QED) is 0.235. The van der Waals surface area contributed by atoms with Crippen LogP contribution >= 0.6 is 0 Å². The maximum Gasteiger partial charge on any atom is 0.247 e. The Morgan fingerprint density at radius 2 is 1.22 bits per heavy atom. The molecule has 0 saturated heterocycles. The molecule has 0 atom stereocenters. The summed E-state index contributed by atoms with van der Waals surface area (Å²) in [5.74, 6) is 0.464. The van der Waals surface area contributed by atoms with Crippen LogP contribution in [0.15, 0.2) is 54.9 Å². The van der Waals surface area contributed by atoms with Crippen molar-refractivity contribution >= 4 is 40.0 Å². The number of nitrogens with two attached hydrogens (primary N) is 2. The van der Waals surface area contributed by atoms with Crippen molar-refractivity contribution in [3.05, 3.63) is 71.8 Å². The monoisotopic (exact) mass is 608 g/mol. The second-order valence-corrected chi connectivity index (χ2v) is 9.59. The van der Waals surface area contributed by atoms with Gasteiger partial charge in [0.05, 0.1) is 37.0 Å². The Morgan fingerprint density at radius 3 is 1.69 bits per heavy atom. The number of ether oxygens (including phenoxy) is 2. The van der Waals surface area contributed by atoms with Gasteiger partial charge in [0.1, 0.15) is 5.82 Å². The molecule has 4 aromatic heterocycles. The summed E-state index contributed by atoms with van der Waals surface area (Å²) in [6.07, 6.45) is 3.13. The van der Waals surface area contributed by atoms with E-state index in [1.807, 2.05) is 26.0 Å². The molecule has 0 fully saturated rings. The van der Waals surface area contributed by atoms with Crippen LogP contribution in [0, 0.1) is 12.7 Å². The van der Waals surface area contributed by atoms with Crippen molar-refractivity contribution in [2.24, 2.45) is 0 Å². The first kappa shape index (κ1) is 30.5. The van der Waals surface area contributed by atoms with Crippen LogP contribution in [0.1, 0.15) is 36.7 Å². The number of carbonyl (C=O) groups excluding carboxylic acids is 1. The van der Waals surface area contributed by atoms with Crippen LogP contribution in [0.3, 0.4) is 0 Å². The third-order valence-electron chi connectivity index (χ3n) is 6.40. The number of nitrogens with zero attached hydrogens (tertiary/aromatic N) is 8. The first-order valence-electron chi connectivity index (χ1n) is 13.9. The van der Waals surface area contributed by atoms with Crippen LogP contribution in [0.4, 0.5) is 16.3 Å². The number of hydrogen-bond donors (Lipinski definition) is 2. The van der Waals surface area contributed by atoms with Gasteiger partial charge in [-0.3, -0.25) is 4.79 Å². The van der Waals surface area contributed by atoms with Gasteiger partial charge in [-0.1, -0.05) is 36.4 Å². The van der Waals surface area contributed by atoms with Crippen LogP contribution in [0.25, 0.3) is 44.8 Å². The number of aromatic nitrogens is 8. The lowest BCUT2D eigenvalue weighted by Crippen LogP contribution is -2.04. The van der Waals surface area contributed by atoms with Gasteiger partial charge in [0.15, 0.2) is 28.1 Å². The second kappa shape index (κ2) is 13.2. The van der Waals surface area contributed by atoms with Crippen LogP contribution in [-0.2, 0) is 0 Å². The Bertz CT molecular complexity index is 2020. The SMILES string of the molecule is CCOc1nc(N)nc2ncc(-c3ccc(C(C)=O)cc3)nc12.CCOc1nc(N)nc2ncc(-c3ccc(C)c(F)c3)nc12. The Hall–Kier alpha value is -5.92. The number of aryl methyl sites for hydroxylation is 1. The molecule has 14 heteroatoms. The zero-order chi connectivity index (χ0) is 32.1. The lowest BCUT2D eigenvalue weighted by atomic mass is 10.1. The zero-order valence-electron chi connectivity index (χ0n) is 24.9. The van der Waals surface area contributed by atoms with E-state index in [1.165, 1.54) is 19.2 Å². The molecule has 6 rings (SSSR count). The minimum Gasteiger partial charge on any atom is -0.476 e. The zero-order valence-corrected chi connectivity index (χ0v) is 24.9. The summed E-state index contributed by atoms with van der Waals surface area (Å²) < 4.78 is 24.6. The van der Waals surface area contributed by atoms with Crippen molar-refractivity contribution in [3.63, 3.8) is 0 Å². The maximum atomic E-state index is 13.7. The molecular formula is C31H29FN10O3. The Balaban J connectivity index is 0.000000178. The van der Waals surface area contributed by atoms with Gasteiger partial charge in [-0.2, -0.15) is 19.9 Å². The number of rotatable bonds is 7. The Morgan fingerprint density at radius 1 is 0.733 bits per heavy atom. The molecule has 0 aliphatic heterocycles. The summed E-state index contributed by atoms with van der Waals surface area (Å²) >= 11 is 0. The van der Waals surface area contributed by atoms with Gasteiger partial charge in [0.2, 0.25) is 23.7 Å². The third-order valence-corrected chi connectivity index (χ3v) is 6.40. The van der Waals surface area contributed by atoms with Gasteiger partial charge in [-0.05, 0) is 39.3 Å². The summed E-state index contributed by atoms with van der Waals surface area (Å²) in [5, 5.41) is 0. The summed E-state index contributed by atoms with van der Waals surface area (Å²) in [7, 11) is 0. The van der Waals surface area contributed by atoms with Gasteiger partial charge in [-0.15, -0.1) is 0 Å². The van der Waals surface area contributed by atoms with Crippen molar-refractivity contribution < 1.29 is 18.7 Å². The number of ketones is 1. The van der Waals surface area contributed by atoms with Crippen molar-refractivity contribution in [2.75, 3.05) is 24.7 Å². The number of anilines is 2. The summed E-state index contributed by atoms with van der Waals surface area (Å²) in [4.78, 5) is 45.0. The summed E-state index contributed by atoms with van der Waals surface area (Å²) in [6.45, 7) is 7.76. The van der Waals surface area contributed by atoms with E-state index in [1.54, 1.807) is 37.4 Å². The average molecular weight is 609 g/mol. The van der Waals surface area contributed by atoms with Gasteiger partial charge in [0.25, 0.3) is 0 Å². The summed E-state index contributed by atoms with van der Waals surface area (Å²) in [6, 6.07) is 12.1. The first-order chi connectivity index (χ1) is 21.7. The predicted molar refractivity (Wildman–Crippen MR) is 167 cm³/mol. The van der Waals surface area contributed by atoms with E-state index in [0.29, 0.717) is 69.5 Å². The van der Waals surface area contributed by atoms with Crippen LogP contribution < -0.4 is 20.9 Å². The highest BCUT2D eigenvalue weighted by Crippen LogP contribution is 2.26. The molecule has 0 unspecified atom stereocenters. The topological polar surface area (TPSA) is 191 Å². The number of nitrogen functional groups attached to an aromatic ring is 2. The third kappa shape index (κ3) is 6.85. The van der Waals surface area contributed by atoms with Crippen LogP contribution in [-0.4, -0.2) is 58.9 Å². The predicted octanol–water partition coefficient (Wildman–Crippen LogP) is 4.79. The molecule has 6 aromatic rings. The molecule has 4 heterocycles. The number of benzene rings is 2. The van der Waals surface area contributed by atoms with Gasteiger partial charge in [0, 0.05) is 16.7 Å². The normalized spacial score (nSPS) is 10.8. The molecule has 45 heavy (non-hydrogen) atoms. The molecule has 4 N–H and O–H groups in total. The molecule has 0 saturated carbocycles. The minimum atomic E-state index is -0.294. The highest BCUT2D eigenvalue weighted by atomic mass is 19.1. The lowest BCUT2D eigenvalue weighted by molar-refractivity contribution is 0.101. The van der Waals surface area contributed by atoms with Crippen molar-refractivity contribution in [3.8, 4) is 34.3 Å². The number of carbonyl (C=O) groups is 1. The number of Topliss-reactive ketones (excluding diaryl/α,β-unsaturated/α-hetero) is 1. The van der Waals surface area contributed by atoms with Crippen molar-refractivity contribution in [1.82, 2.24) is 39.9 Å². The van der Waals surface area contributed by atoms with Gasteiger partial charge < -0.3 is 20.9 Å². The van der Waals surface area contributed by atoms with E-state index in [0.717, 1.165) is 5.56 Å². The van der Waals surface area contributed by atoms with Gasteiger partial charge >= 0.3 is 0 Å². The number of halogens is 1. The molecular weight excluding hydrogens is 579 g/mol. The molecule has 0 radical (unpaired) electrons. The minimum absolute atomic E-state index is 0.0173. The fourth-order valence-corrected chi connectivity index (χ4v) is 4.18. The van der Waals surface area contributed by atoms with E-state index in [-0.39, 0.29) is 29.4 Å². The first-order valence-corrected chi connectivity index (χ1v) is 13.9. The van der Waals surface area contributed by atoms with E-state index >= 15 is 0 Å². The highest BCUT2D eigenvalue weighted by Gasteiger charge is 2.14. The number of fused-ring (bicyclic) bond motifs is 2. The van der Waals surface area contributed by atoms with E-state index in [9.17, 15) is 9.18 Å². The fourth-order valence-electron chi connectivity index (χ4n) is 4.18. The Kier molecular flexibility index (Phi) is 8.93. The van der Waals surface area contributed by atoms with Crippen molar-refractivity contribution in [1.29, 1.82) is 0 Å². The van der Waals surface area contributed by atoms with E-state index in [4.69, 9.17) is 20.9 Å². The van der Waals surface area contributed by atoms with E-state index < -0.39 is 0 Å². The van der Waals surface area contributed by atoms with Gasteiger partial charge in [-0.25, -0.2) is 24.3 Å². The summed E-state index contributed by atoms with van der Waals surface area (Å²) in [5.41, 5.74) is 16.7. The molecule has 2 aromatic carbocycles. The Labute approximate surface area is 257 Å². The molecule has 0 spiro atoms. The fraction of sp³-hybridized carbons (Fsp3) is 0.194. The lowest BCUT2D eigenvalue weighted by Gasteiger charge is -2.08. The van der Waals surface area contributed by atoms with Crippen LogP contribution in [0.5, 0.6) is 11.8 Å². The molecule has 13 nitrogen and oxygen atoms in total. The molecule has 0 bridgehead atoms. The molecule has 0 aliphatic carbocycles.